The Kier molecular flexibility index (Phi) is 8.85. The van der Waals surface area contributed by atoms with E-state index in [0.29, 0.717) is 5.89 Å². The van der Waals surface area contributed by atoms with Gasteiger partial charge in [-0.1, -0.05) is 182 Å². The summed E-state index contributed by atoms with van der Waals surface area (Å²) in [5.74, 6) is 0.631. The second-order valence-corrected chi connectivity index (χ2v) is 17.1. The highest BCUT2D eigenvalue weighted by Crippen LogP contribution is 2.39. The molecule has 13 rings (SSSR count). The highest BCUT2D eigenvalue weighted by atomic mass is 16.3. The van der Waals surface area contributed by atoms with Gasteiger partial charge in [-0.15, -0.1) is 0 Å². The summed E-state index contributed by atoms with van der Waals surface area (Å²) in [6.45, 7) is 0. The van der Waals surface area contributed by atoms with Crippen molar-refractivity contribution in [2.45, 2.75) is 0 Å². The molecule has 0 spiro atoms. The SMILES string of the molecule is c1ccc2c(-c3ccc(-c4ccc5c(c4)c4cc(-c6ccc(-c7cccc8ccccc78)cc6)ccc4n5-c4ccc(-c5ccc(-c6nc7ccccc7o6)cc5)cc4)cc3)cccc2c1. The summed E-state index contributed by atoms with van der Waals surface area (Å²) < 4.78 is 8.45. The standard InChI is InChI=1S/C63H40N2O/c1-3-13-53-45(9-1)11-7-15-55(53)47-25-19-43(20-26-47)50-33-37-60-57(39-50)58-40-51(44-21-27-48(28-22-44)56-16-8-12-46-10-2-4-14-54(46)56)34-38-61(58)65(60)52-35-31-42(32-36-52)41-23-29-49(30-24-41)63-64-59-17-5-6-18-62(59)66-63/h1-40H. The Morgan fingerprint density at radius 3 is 1.24 bits per heavy atom. The van der Waals surface area contributed by atoms with Gasteiger partial charge in [0.2, 0.25) is 5.89 Å². The number of para-hydroxylation sites is 2. The van der Waals surface area contributed by atoms with Gasteiger partial charge in [0.05, 0.1) is 11.0 Å². The Hall–Kier alpha value is -8.79. The van der Waals surface area contributed by atoms with Crippen LogP contribution in [-0.4, -0.2) is 9.55 Å². The third-order valence-corrected chi connectivity index (χ3v) is 13.3. The summed E-state index contributed by atoms with van der Waals surface area (Å²) in [4.78, 5) is 4.70. The van der Waals surface area contributed by atoms with Gasteiger partial charge in [-0.3, -0.25) is 0 Å². The number of oxazole rings is 1. The van der Waals surface area contributed by atoms with Crippen LogP contribution in [0.2, 0.25) is 0 Å². The maximum atomic E-state index is 6.05. The maximum Gasteiger partial charge on any atom is 0.227 e. The summed E-state index contributed by atoms with van der Waals surface area (Å²) >= 11 is 0. The van der Waals surface area contributed by atoms with Crippen LogP contribution in [0.3, 0.4) is 0 Å². The topological polar surface area (TPSA) is 31.0 Å². The van der Waals surface area contributed by atoms with Crippen LogP contribution in [0, 0.1) is 0 Å². The molecule has 2 aromatic heterocycles. The van der Waals surface area contributed by atoms with E-state index in [-0.39, 0.29) is 0 Å². The zero-order valence-electron chi connectivity index (χ0n) is 35.9. The van der Waals surface area contributed by atoms with Crippen molar-refractivity contribution in [3.63, 3.8) is 0 Å². The fourth-order valence-electron chi connectivity index (χ4n) is 9.90. The Morgan fingerprint density at radius 1 is 0.303 bits per heavy atom. The molecule has 0 fully saturated rings. The fourth-order valence-corrected chi connectivity index (χ4v) is 9.90. The summed E-state index contributed by atoms with van der Waals surface area (Å²) in [5, 5.41) is 7.47. The van der Waals surface area contributed by atoms with E-state index in [9.17, 15) is 0 Å². The first-order valence-corrected chi connectivity index (χ1v) is 22.5. The third-order valence-electron chi connectivity index (χ3n) is 13.3. The molecule has 0 amide bonds. The van der Waals surface area contributed by atoms with Crippen molar-refractivity contribution in [1.82, 2.24) is 9.55 Å². The fraction of sp³-hybridized carbons (Fsp3) is 0. The van der Waals surface area contributed by atoms with Crippen LogP contribution in [0.25, 0.3) is 127 Å². The molecule has 0 saturated carbocycles. The van der Waals surface area contributed by atoms with E-state index in [1.165, 1.54) is 87.9 Å². The summed E-state index contributed by atoms with van der Waals surface area (Å²) in [6, 6.07) is 87.6. The lowest BCUT2D eigenvalue weighted by atomic mass is 9.95. The lowest BCUT2D eigenvalue weighted by Gasteiger charge is -2.11. The maximum absolute atomic E-state index is 6.05. The van der Waals surface area contributed by atoms with E-state index < -0.39 is 0 Å². The number of rotatable bonds is 7. The number of fused-ring (bicyclic) bond motifs is 6. The Bertz CT molecular complexity index is 3730. The van der Waals surface area contributed by atoms with E-state index in [1.807, 2.05) is 24.3 Å². The van der Waals surface area contributed by atoms with Crippen molar-refractivity contribution in [1.29, 1.82) is 0 Å². The molecule has 0 N–H and O–H groups in total. The van der Waals surface area contributed by atoms with Gasteiger partial charge < -0.3 is 8.98 Å². The molecule has 0 unspecified atom stereocenters. The number of hydrogen-bond donors (Lipinski definition) is 0. The Balaban J connectivity index is 0.884. The molecule has 0 saturated heterocycles. The zero-order chi connectivity index (χ0) is 43.6. The van der Waals surface area contributed by atoms with Gasteiger partial charge in [0.25, 0.3) is 0 Å². The molecule has 0 radical (unpaired) electrons. The van der Waals surface area contributed by atoms with E-state index in [0.717, 1.165) is 33.5 Å². The van der Waals surface area contributed by atoms with Crippen molar-refractivity contribution in [3.8, 4) is 72.8 Å². The number of aromatic nitrogens is 2. The molecule has 13 aromatic rings. The molecule has 0 aliphatic heterocycles. The lowest BCUT2D eigenvalue weighted by molar-refractivity contribution is 0.620. The molecule has 66 heavy (non-hydrogen) atoms. The molecule has 308 valence electrons. The smallest absolute Gasteiger partial charge is 0.227 e. The van der Waals surface area contributed by atoms with Gasteiger partial charge in [-0.05, 0) is 138 Å². The van der Waals surface area contributed by atoms with Crippen LogP contribution in [-0.2, 0) is 0 Å². The van der Waals surface area contributed by atoms with E-state index in [4.69, 9.17) is 9.40 Å². The molecule has 0 bridgehead atoms. The van der Waals surface area contributed by atoms with Crippen LogP contribution in [0.15, 0.2) is 247 Å². The Labute approximate surface area is 382 Å². The van der Waals surface area contributed by atoms with Gasteiger partial charge in [0.1, 0.15) is 5.52 Å². The molecular weight excluding hydrogens is 801 g/mol. The first-order chi connectivity index (χ1) is 32.7. The van der Waals surface area contributed by atoms with Crippen LogP contribution < -0.4 is 0 Å². The van der Waals surface area contributed by atoms with Gasteiger partial charge >= 0.3 is 0 Å². The monoisotopic (exact) mass is 840 g/mol. The van der Waals surface area contributed by atoms with Crippen LogP contribution in [0.5, 0.6) is 0 Å². The summed E-state index contributed by atoms with van der Waals surface area (Å²) in [6.07, 6.45) is 0. The van der Waals surface area contributed by atoms with E-state index in [1.54, 1.807) is 0 Å². The third kappa shape index (κ3) is 6.48. The zero-order valence-corrected chi connectivity index (χ0v) is 35.9. The first-order valence-electron chi connectivity index (χ1n) is 22.5. The average molecular weight is 841 g/mol. The first kappa shape index (κ1) is 37.7. The van der Waals surface area contributed by atoms with Crippen molar-refractivity contribution in [3.05, 3.63) is 243 Å². The van der Waals surface area contributed by atoms with Gasteiger partial charge in [-0.25, -0.2) is 4.98 Å². The molecule has 3 heteroatoms. The van der Waals surface area contributed by atoms with Crippen LogP contribution >= 0.6 is 0 Å². The largest absolute Gasteiger partial charge is 0.436 e. The number of benzene rings is 11. The second kappa shape index (κ2) is 15.5. The molecule has 0 aliphatic rings. The van der Waals surface area contributed by atoms with Crippen molar-refractivity contribution >= 4 is 54.5 Å². The van der Waals surface area contributed by atoms with Crippen molar-refractivity contribution < 1.29 is 4.42 Å². The van der Waals surface area contributed by atoms with E-state index >= 15 is 0 Å². The van der Waals surface area contributed by atoms with E-state index in [2.05, 4.69) is 223 Å². The van der Waals surface area contributed by atoms with Crippen LogP contribution in [0.4, 0.5) is 0 Å². The number of nitrogens with zero attached hydrogens (tertiary/aromatic N) is 2. The van der Waals surface area contributed by atoms with Crippen molar-refractivity contribution in [2.24, 2.45) is 0 Å². The molecule has 0 atom stereocenters. The quantitative estimate of drug-likeness (QED) is 0.160. The number of hydrogen-bond acceptors (Lipinski definition) is 2. The minimum Gasteiger partial charge on any atom is -0.436 e. The predicted molar refractivity (Wildman–Crippen MR) is 276 cm³/mol. The van der Waals surface area contributed by atoms with Crippen LogP contribution in [0.1, 0.15) is 0 Å². The molecular formula is C63H40N2O. The minimum absolute atomic E-state index is 0.631. The predicted octanol–water partition coefficient (Wildman–Crippen LogP) is 17.2. The average Bonchev–Trinajstić information content (AvgIpc) is 3.98. The van der Waals surface area contributed by atoms with Crippen molar-refractivity contribution in [2.75, 3.05) is 0 Å². The molecule has 11 aromatic carbocycles. The molecule has 0 aliphatic carbocycles. The van der Waals surface area contributed by atoms with Gasteiger partial charge in [0, 0.05) is 22.0 Å². The lowest BCUT2D eigenvalue weighted by Crippen LogP contribution is -1.94. The Morgan fingerprint density at radius 2 is 0.712 bits per heavy atom. The summed E-state index contributed by atoms with van der Waals surface area (Å²) in [5.41, 5.74) is 18.0. The van der Waals surface area contributed by atoms with Gasteiger partial charge in [-0.2, -0.15) is 0 Å². The molecule has 3 nitrogen and oxygen atoms in total. The second-order valence-electron chi connectivity index (χ2n) is 17.1. The highest BCUT2D eigenvalue weighted by Gasteiger charge is 2.16. The normalized spacial score (nSPS) is 11.6. The molecule has 2 heterocycles. The highest BCUT2D eigenvalue weighted by molar-refractivity contribution is 6.12. The van der Waals surface area contributed by atoms with Gasteiger partial charge in [0.15, 0.2) is 5.58 Å². The minimum atomic E-state index is 0.631. The summed E-state index contributed by atoms with van der Waals surface area (Å²) in [7, 11) is 0.